The van der Waals surface area contributed by atoms with E-state index < -0.39 is 12.2 Å². The number of amides is 1. The molecule has 1 amide bonds. The Hall–Kier alpha value is -2.40. The molecule has 5 heteroatoms. The Bertz CT molecular complexity index is 784. The molecule has 126 valence electrons. The third kappa shape index (κ3) is 3.12. The standard InChI is InChI=1S/C19H21NO4/c1-12(21)17-10-15(9-13-5-2-3-7-16(13)17)18(22)14-6-4-8-20(11-14)19(23)24/h2-3,5,7,9-10,12,14,21H,4,6,8,11H2,1H3,(H,23,24). The summed E-state index contributed by atoms with van der Waals surface area (Å²) in [7, 11) is 0. The molecule has 1 saturated heterocycles. The van der Waals surface area contributed by atoms with Crippen LogP contribution in [0.1, 0.15) is 41.8 Å². The van der Waals surface area contributed by atoms with Crippen LogP contribution in [0.5, 0.6) is 0 Å². The number of hydrogen-bond acceptors (Lipinski definition) is 3. The highest BCUT2D eigenvalue weighted by molar-refractivity contribution is 6.02. The van der Waals surface area contributed by atoms with Gasteiger partial charge < -0.3 is 15.1 Å². The van der Waals surface area contributed by atoms with E-state index in [-0.39, 0.29) is 18.2 Å². The first kappa shape index (κ1) is 16.5. The number of fused-ring (bicyclic) bond motifs is 1. The number of aliphatic hydroxyl groups excluding tert-OH is 1. The first-order chi connectivity index (χ1) is 11.5. The van der Waals surface area contributed by atoms with Crippen LogP contribution >= 0.6 is 0 Å². The number of likely N-dealkylation sites (tertiary alicyclic amines) is 1. The Morgan fingerprint density at radius 1 is 1.25 bits per heavy atom. The molecule has 3 rings (SSSR count). The van der Waals surface area contributed by atoms with Crippen molar-refractivity contribution in [3.05, 3.63) is 47.5 Å². The molecule has 0 aromatic heterocycles. The van der Waals surface area contributed by atoms with Gasteiger partial charge in [-0.25, -0.2) is 4.79 Å². The number of benzene rings is 2. The Kier molecular flexibility index (Phi) is 4.53. The molecule has 0 saturated carbocycles. The van der Waals surface area contributed by atoms with Gasteiger partial charge in [0.1, 0.15) is 0 Å². The van der Waals surface area contributed by atoms with Crippen molar-refractivity contribution in [1.82, 2.24) is 4.90 Å². The Morgan fingerprint density at radius 3 is 2.71 bits per heavy atom. The summed E-state index contributed by atoms with van der Waals surface area (Å²) in [5, 5.41) is 21.0. The third-order valence-corrected chi connectivity index (χ3v) is 4.69. The topological polar surface area (TPSA) is 77.8 Å². The van der Waals surface area contributed by atoms with E-state index in [4.69, 9.17) is 5.11 Å². The predicted molar refractivity (Wildman–Crippen MR) is 91.2 cm³/mol. The van der Waals surface area contributed by atoms with Gasteiger partial charge in [-0.3, -0.25) is 4.79 Å². The van der Waals surface area contributed by atoms with Crippen LogP contribution in [0.3, 0.4) is 0 Å². The number of carbonyl (C=O) groups is 2. The van der Waals surface area contributed by atoms with E-state index in [1.54, 1.807) is 13.0 Å². The lowest BCUT2D eigenvalue weighted by atomic mass is 9.87. The molecule has 0 radical (unpaired) electrons. The number of aliphatic hydroxyl groups is 1. The molecule has 1 heterocycles. The Balaban J connectivity index is 1.96. The van der Waals surface area contributed by atoms with Gasteiger partial charge in [0.05, 0.1) is 6.10 Å². The molecule has 2 atom stereocenters. The minimum absolute atomic E-state index is 0.0476. The maximum absolute atomic E-state index is 12.9. The average molecular weight is 327 g/mol. The molecule has 0 spiro atoms. The predicted octanol–water partition coefficient (Wildman–Crippen LogP) is 3.47. The Morgan fingerprint density at radius 2 is 2.00 bits per heavy atom. The minimum atomic E-state index is -0.976. The molecular formula is C19H21NO4. The van der Waals surface area contributed by atoms with E-state index in [1.807, 2.05) is 30.3 Å². The van der Waals surface area contributed by atoms with Crippen molar-refractivity contribution in [1.29, 1.82) is 0 Å². The highest BCUT2D eigenvalue weighted by atomic mass is 16.4. The van der Waals surface area contributed by atoms with Crippen LogP contribution in [0.25, 0.3) is 10.8 Å². The van der Waals surface area contributed by atoms with Crippen LogP contribution < -0.4 is 0 Å². The van der Waals surface area contributed by atoms with Gasteiger partial charge in [-0.15, -0.1) is 0 Å². The molecule has 0 aliphatic carbocycles. The van der Waals surface area contributed by atoms with Gasteiger partial charge in [0.15, 0.2) is 5.78 Å². The molecule has 2 aromatic carbocycles. The number of nitrogens with zero attached hydrogens (tertiary/aromatic N) is 1. The molecule has 2 aromatic rings. The molecule has 2 N–H and O–H groups in total. The fourth-order valence-electron chi connectivity index (χ4n) is 3.43. The lowest BCUT2D eigenvalue weighted by Gasteiger charge is -2.30. The van der Waals surface area contributed by atoms with Crippen molar-refractivity contribution in [2.75, 3.05) is 13.1 Å². The van der Waals surface area contributed by atoms with Crippen LogP contribution in [0, 0.1) is 5.92 Å². The van der Waals surface area contributed by atoms with Gasteiger partial charge in [0.25, 0.3) is 0 Å². The van der Waals surface area contributed by atoms with Gasteiger partial charge in [-0.1, -0.05) is 24.3 Å². The summed E-state index contributed by atoms with van der Waals surface area (Å²) in [5.74, 6) is -0.369. The number of carboxylic acid groups (broad SMARTS) is 1. The Labute approximate surface area is 140 Å². The van der Waals surface area contributed by atoms with E-state index in [9.17, 15) is 14.7 Å². The largest absolute Gasteiger partial charge is 0.465 e. The quantitative estimate of drug-likeness (QED) is 0.846. The number of carbonyl (C=O) groups excluding carboxylic acids is 1. The molecular weight excluding hydrogens is 306 g/mol. The lowest BCUT2D eigenvalue weighted by Crippen LogP contribution is -2.41. The maximum atomic E-state index is 12.9. The molecule has 24 heavy (non-hydrogen) atoms. The number of Topliss-reactive ketones (excluding diaryl/α,β-unsaturated/α-hetero) is 1. The summed E-state index contributed by atoms with van der Waals surface area (Å²) in [4.78, 5) is 25.4. The first-order valence-corrected chi connectivity index (χ1v) is 8.20. The molecule has 1 fully saturated rings. The summed E-state index contributed by atoms with van der Waals surface area (Å²) < 4.78 is 0. The van der Waals surface area contributed by atoms with Crippen LogP contribution in [0.4, 0.5) is 4.79 Å². The van der Waals surface area contributed by atoms with Gasteiger partial charge in [0, 0.05) is 24.6 Å². The van der Waals surface area contributed by atoms with Crippen molar-refractivity contribution in [2.45, 2.75) is 25.9 Å². The second kappa shape index (κ2) is 6.61. The SMILES string of the molecule is CC(O)c1cc(C(=O)C2CCCN(C(=O)O)C2)cc2ccccc12. The highest BCUT2D eigenvalue weighted by Gasteiger charge is 2.29. The van der Waals surface area contributed by atoms with E-state index in [0.29, 0.717) is 24.9 Å². The van der Waals surface area contributed by atoms with E-state index in [1.165, 1.54) is 4.90 Å². The summed E-state index contributed by atoms with van der Waals surface area (Å²) in [6.45, 7) is 2.41. The van der Waals surface area contributed by atoms with Crippen molar-refractivity contribution < 1.29 is 19.8 Å². The number of ketones is 1. The molecule has 2 unspecified atom stereocenters. The van der Waals surface area contributed by atoms with Gasteiger partial charge in [0.2, 0.25) is 0 Å². The third-order valence-electron chi connectivity index (χ3n) is 4.69. The molecule has 0 bridgehead atoms. The smallest absolute Gasteiger partial charge is 0.407 e. The monoisotopic (exact) mass is 327 g/mol. The van der Waals surface area contributed by atoms with Crippen LogP contribution in [-0.4, -0.2) is 40.1 Å². The van der Waals surface area contributed by atoms with E-state index in [0.717, 1.165) is 16.3 Å². The van der Waals surface area contributed by atoms with Crippen LogP contribution in [-0.2, 0) is 0 Å². The van der Waals surface area contributed by atoms with Crippen LogP contribution in [0.2, 0.25) is 0 Å². The highest BCUT2D eigenvalue weighted by Crippen LogP contribution is 2.29. The second-order valence-electron chi connectivity index (χ2n) is 6.39. The molecule has 1 aliphatic rings. The zero-order valence-corrected chi connectivity index (χ0v) is 13.6. The van der Waals surface area contributed by atoms with E-state index >= 15 is 0 Å². The van der Waals surface area contributed by atoms with Crippen LogP contribution in [0.15, 0.2) is 36.4 Å². The average Bonchev–Trinajstić information content (AvgIpc) is 2.60. The fraction of sp³-hybridized carbons (Fsp3) is 0.368. The first-order valence-electron chi connectivity index (χ1n) is 8.20. The second-order valence-corrected chi connectivity index (χ2v) is 6.39. The van der Waals surface area contributed by atoms with Gasteiger partial charge >= 0.3 is 6.09 Å². The number of piperidine rings is 1. The fourth-order valence-corrected chi connectivity index (χ4v) is 3.43. The summed E-state index contributed by atoms with van der Waals surface area (Å²) >= 11 is 0. The van der Waals surface area contributed by atoms with Gasteiger partial charge in [-0.05, 0) is 48.2 Å². The van der Waals surface area contributed by atoms with Crippen molar-refractivity contribution in [3.8, 4) is 0 Å². The van der Waals surface area contributed by atoms with E-state index in [2.05, 4.69) is 0 Å². The minimum Gasteiger partial charge on any atom is -0.465 e. The molecule has 1 aliphatic heterocycles. The summed E-state index contributed by atoms with van der Waals surface area (Å²) in [6.07, 6.45) is -0.265. The maximum Gasteiger partial charge on any atom is 0.407 e. The number of rotatable bonds is 3. The molecule has 5 nitrogen and oxygen atoms in total. The van der Waals surface area contributed by atoms with Gasteiger partial charge in [-0.2, -0.15) is 0 Å². The normalized spacial score (nSPS) is 19.2. The van der Waals surface area contributed by atoms with Crippen molar-refractivity contribution in [2.24, 2.45) is 5.92 Å². The summed E-state index contributed by atoms with van der Waals surface area (Å²) in [5.41, 5.74) is 1.27. The lowest BCUT2D eigenvalue weighted by molar-refractivity contribution is 0.0806. The summed E-state index contributed by atoms with van der Waals surface area (Å²) in [6, 6.07) is 11.2. The number of hydrogen-bond donors (Lipinski definition) is 2. The zero-order valence-electron chi connectivity index (χ0n) is 13.6. The zero-order chi connectivity index (χ0) is 17.3. The van der Waals surface area contributed by atoms with Crippen molar-refractivity contribution >= 4 is 22.6 Å². The van der Waals surface area contributed by atoms with Crippen molar-refractivity contribution in [3.63, 3.8) is 0 Å².